The quantitative estimate of drug-likeness (QED) is 0.730. The Morgan fingerprint density at radius 1 is 1.35 bits per heavy atom. The predicted molar refractivity (Wildman–Crippen MR) is 67.0 cm³/mol. The lowest BCUT2D eigenvalue weighted by atomic mass is 9.93. The maximum Gasteiger partial charge on any atom is 0.227 e. The highest BCUT2D eigenvalue weighted by Crippen LogP contribution is 2.18. The van der Waals surface area contributed by atoms with Gasteiger partial charge in [-0.1, -0.05) is 6.07 Å². The SMILES string of the molecule is Cc1cc(C)cc(NC(=O)CC2(O)CNC2)c1. The molecular formula is C13H18N2O2. The van der Waals surface area contributed by atoms with Crippen LogP contribution in [-0.2, 0) is 4.79 Å². The highest BCUT2D eigenvalue weighted by Gasteiger charge is 2.36. The molecule has 1 heterocycles. The average Bonchev–Trinajstić information content (AvgIpc) is 2.12. The number of carbonyl (C=O) groups is 1. The number of carbonyl (C=O) groups excluding carboxylic acids is 1. The molecule has 0 aromatic heterocycles. The molecule has 1 fully saturated rings. The second-order valence-corrected chi connectivity index (χ2v) is 4.93. The van der Waals surface area contributed by atoms with Gasteiger partial charge in [0.25, 0.3) is 0 Å². The maximum atomic E-state index is 11.7. The van der Waals surface area contributed by atoms with Crippen LogP contribution in [0.25, 0.3) is 0 Å². The molecule has 1 aromatic carbocycles. The summed E-state index contributed by atoms with van der Waals surface area (Å²) in [5.41, 5.74) is 2.17. The monoisotopic (exact) mass is 234 g/mol. The van der Waals surface area contributed by atoms with Gasteiger partial charge in [-0.25, -0.2) is 0 Å². The molecule has 1 aromatic rings. The summed E-state index contributed by atoms with van der Waals surface area (Å²) in [4.78, 5) is 11.7. The molecule has 0 aliphatic carbocycles. The van der Waals surface area contributed by atoms with Gasteiger partial charge in [0.15, 0.2) is 0 Å². The lowest BCUT2D eigenvalue weighted by Crippen LogP contribution is -2.60. The smallest absolute Gasteiger partial charge is 0.227 e. The van der Waals surface area contributed by atoms with E-state index in [2.05, 4.69) is 16.7 Å². The lowest BCUT2D eigenvalue weighted by molar-refractivity contribution is -0.123. The number of nitrogens with one attached hydrogen (secondary N) is 2. The zero-order valence-corrected chi connectivity index (χ0v) is 10.2. The first kappa shape index (κ1) is 12.1. The second kappa shape index (κ2) is 4.47. The fourth-order valence-electron chi connectivity index (χ4n) is 2.09. The summed E-state index contributed by atoms with van der Waals surface area (Å²) in [6, 6.07) is 5.90. The zero-order chi connectivity index (χ0) is 12.5. The Labute approximate surface area is 101 Å². The van der Waals surface area contributed by atoms with E-state index in [1.807, 2.05) is 26.0 Å². The Morgan fingerprint density at radius 3 is 2.41 bits per heavy atom. The summed E-state index contributed by atoms with van der Waals surface area (Å²) in [5.74, 6) is -0.140. The standard InChI is InChI=1S/C13H18N2O2/c1-9-3-10(2)5-11(4-9)15-12(16)6-13(17)7-14-8-13/h3-5,14,17H,6-8H2,1-2H3,(H,15,16). The van der Waals surface area contributed by atoms with Crippen LogP contribution in [0.1, 0.15) is 17.5 Å². The van der Waals surface area contributed by atoms with E-state index >= 15 is 0 Å². The van der Waals surface area contributed by atoms with Crippen molar-refractivity contribution in [3.05, 3.63) is 29.3 Å². The first-order valence-electron chi connectivity index (χ1n) is 5.78. The molecule has 1 aliphatic rings. The number of aryl methyl sites for hydroxylation is 2. The van der Waals surface area contributed by atoms with Crippen molar-refractivity contribution in [2.24, 2.45) is 0 Å². The van der Waals surface area contributed by atoms with Crippen LogP contribution < -0.4 is 10.6 Å². The fraction of sp³-hybridized carbons (Fsp3) is 0.462. The van der Waals surface area contributed by atoms with Crippen LogP contribution >= 0.6 is 0 Å². The van der Waals surface area contributed by atoms with Gasteiger partial charge in [0.2, 0.25) is 5.91 Å². The average molecular weight is 234 g/mol. The Kier molecular flexibility index (Phi) is 3.17. The van der Waals surface area contributed by atoms with Gasteiger partial charge in [-0.05, 0) is 37.1 Å². The number of hydrogen-bond acceptors (Lipinski definition) is 3. The molecule has 0 radical (unpaired) electrons. The van der Waals surface area contributed by atoms with Gasteiger partial charge in [0.1, 0.15) is 0 Å². The van der Waals surface area contributed by atoms with E-state index in [4.69, 9.17) is 0 Å². The van der Waals surface area contributed by atoms with Crippen molar-refractivity contribution in [1.29, 1.82) is 0 Å². The summed E-state index contributed by atoms with van der Waals surface area (Å²) in [5, 5.41) is 15.6. The minimum Gasteiger partial charge on any atom is -0.387 e. The van der Waals surface area contributed by atoms with E-state index in [1.165, 1.54) is 0 Å². The molecule has 3 N–H and O–H groups in total. The van der Waals surface area contributed by atoms with Crippen molar-refractivity contribution in [3.8, 4) is 0 Å². The first-order chi connectivity index (χ1) is 7.97. The molecule has 0 atom stereocenters. The van der Waals surface area contributed by atoms with E-state index < -0.39 is 5.60 Å². The van der Waals surface area contributed by atoms with Crippen LogP contribution in [0.15, 0.2) is 18.2 Å². The third-order valence-electron chi connectivity index (χ3n) is 2.90. The summed E-state index contributed by atoms with van der Waals surface area (Å²) in [6.45, 7) is 4.97. The maximum absolute atomic E-state index is 11.7. The third kappa shape index (κ3) is 3.05. The van der Waals surface area contributed by atoms with E-state index in [1.54, 1.807) is 0 Å². The lowest BCUT2D eigenvalue weighted by Gasteiger charge is -2.36. The molecule has 17 heavy (non-hydrogen) atoms. The van der Waals surface area contributed by atoms with Crippen LogP contribution in [0.5, 0.6) is 0 Å². The van der Waals surface area contributed by atoms with Crippen LogP contribution in [0.4, 0.5) is 5.69 Å². The Hall–Kier alpha value is -1.39. The molecule has 1 amide bonds. The Bertz CT molecular complexity index is 419. The fourth-order valence-corrected chi connectivity index (χ4v) is 2.09. The van der Waals surface area contributed by atoms with Gasteiger partial charge >= 0.3 is 0 Å². The number of β-amino-alcohol motifs (C(OH)–C–C–N with tert-alkyl or cyclic N) is 1. The summed E-state index contributed by atoms with van der Waals surface area (Å²) >= 11 is 0. The molecule has 1 aliphatic heterocycles. The molecule has 0 saturated carbocycles. The normalized spacial score (nSPS) is 17.4. The number of amides is 1. The van der Waals surface area contributed by atoms with E-state index in [9.17, 15) is 9.90 Å². The Balaban J connectivity index is 1.98. The van der Waals surface area contributed by atoms with Crippen molar-refractivity contribution in [2.45, 2.75) is 25.9 Å². The third-order valence-corrected chi connectivity index (χ3v) is 2.90. The summed E-state index contributed by atoms with van der Waals surface area (Å²) < 4.78 is 0. The minimum atomic E-state index is -0.858. The van der Waals surface area contributed by atoms with E-state index in [0.717, 1.165) is 16.8 Å². The van der Waals surface area contributed by atoms with Gasteiger partial charge in [-0.3, -0.25) is 4.79 Å². The molecule has 92 valence electrons. The summed E-state index contributed by atoms with van der Waals surface area (Å²) in [6.07, 6.45) is 0.146. The summed E-state index contributed by atoms with van der Waals surface area (Å²) in [7, 11) is 0. The zero-order valence-electron chi connectivity index (χ0n) is 10.2. The molecular weight excluding hydrogens is 216 g/mol. The number of hydrogen-bond donors (Lipinski definition) is 3. The first-order valence-corrected chi connectivity index (χ1v) is 5.78. The van der Waals surface area contributed by atoms with Gasteiger partial charge in [-0.15, -0.1) is 0 Å². The van der Waals surface area contributed by atoms with Crippen molar-refractivity contribution in [1.82, 2.24) is 5.32 Å². The molecule has 0 unspecified atom stereocenters. The van der Waals surface area contributed by atoms with Crippen molar-refractivity contribution in [3.63, 3.8) is 0 Å². The van der Waals surface area contributed by atoms with Crippen LogP contribution in [0.2, 0.25) is 0 Å². The van der Waals surface area contributed by atoms with Crippen molar-refractivity contribution >= 4 is 11.6 Å². The van der Waals surface area contributed by atoms with Crippen LogP contribution in [0.3, 0.4) is 0 Å². The minimum absolute atomic E-state index is 0.140. The number of aliphatic hydroxyl groups is 1. The van der Waals surface area contributed by atoms with Gasteiger partial charge in [0.05, 0.1) is 12.0 Å². The molecule has 4 heteroatoms. The highest BCUT2D eigenvalue weighted by atomic mass is 16.3. The second-order valence-electron chi connectivity index (χ2n) is 4.93. The van der Waals surface area contributed by atoms with E-state index in [0.29, 0.717) is 13.1 Å². The van der Waals surface area contributed by atoms with Crippen LogP contribution in [0, 0.1) is 13.8 Å². The largest absolute Gasteiger partial charge is 0.387 e. The van der Waals surface area contributed by atoms with E-state index in [-0.39, 0.29) is 12.3 Å². The molecule has 0 spiro atoms. The van der Waals surface area contributed by atoms with Crippen LogP contribution in [-0.4, -0.2) is 29.7 Å². The van der Waals surface area contributed by atoms with Crippen molar-refractivity contribution in [2.75, 3.05) is 18.4 Å². The topological polar surface area (TPSA) is 61.4 Å². The van der Waals surface area contributed by atoms with Gasteiger partial charge in [0, 0.05) is 18.8 Å². The molecule has 2 rings (SSSR count). The van der Waals surface area contributed by atoms with Gasteiger partial charge in [-0.2, -0.15) is 0 Å². The predicted octanol–water partition coefficient (Wildman–Crippen LogP) is 0.966. The number of rotatable bonds is 3. The van der Waals surface area contributed by atoms with Crippen molar-refractivity contribution < 1.29 is 9.90 Å². The molecule has 1 saturated heterocycles. The van der Waals surface area contributed by atoms with Gasteiger partial charge < -0.3 is 15.7 Å². The number of anilines is 1. The molecule has 4 nitrogen and oxygen atoms in total. The highest BCUT2D eigenvalue weighted by molar-refractivity contribution is 5.91. The Morgan fingerprint density at radius 2 is 1.94 bits per heavy atom. The molecule has 0 bridgehead atoms. The number of benzene rings is 1.